The third-order valence-electron chi connectivity index (χ3n) is 3.48. The fourth-order valence-electron chi connectivity index (χ4n) is 2.20. The minimum Gasteiger partial charge on any atom is -0.381 e. The van der Waals surface area contributed by atoms with Crippen molar-refractivity contribution in [1.82, 2.24) is 9.97 Å². The number of nitrogens with one attached hydrogen (secondary N) is 1. The topological polar surface area (TPSA) is 63.8 Å². The number of nitrogens with zero attached hydrogens (tertiary/aromatic N) is 2. The molecule has 2 aromatic heterocycles. The van der Waals surface area contributed by atoms with Gasteiger partial charge in [-0.15, -0.1) is 11.3 Å². The highest BCUT2D eigenvalue weighted by Crippen LogP contribution is 2.28. The molecule has 5 heteroatoms. The first-order chi connectivity index (χ1) is 10.1. The number of thiophene rings is 1. The molecule has 3 N–H and O–H groups in total. The summed E-state index contributed by atoms with van der Waals surface area (Å²) in [5.74, 6) is 1.09. The minimum absolute atomic E-state index is 0.0218. The molecule has 0 fully saturated rings. The maximum Gasteiger partial charge on any atom is 0.169 e. The van der Waals surface area contributed by atoms with Crippen molar-refractivity contribution in [2.45, 2.75) is 19.3 Å². The number of nitrogen functional groups attached to an aromatic ring is 1. The van der Waals surface area contributed by atoms with Crippen LogP contribution in [-0.4, -0.2) is 16.5 Å². The molecular weight excluding hydrogens is 280 g/mol. The smallest absolute Gasteiger partial charge is 0.169 e. The van der Waals surface area contributed by atoms with E-state index in [1.807, 2.05) is 24.3 Å². The second-order valence-electron chi connectivity index (χ2n) is 5.66. The molecule has 0 spiro atoms. The van der Waals surface area contributed by atoms with E-state index in [9.17, 15) is 0 Å². The van der Waals surface area contributed by atoms with Gasteiger partial charge in [0.1, 0.15) is 0 Å². The molecule has 2 heterocycles. The summed E-state index contributed by atoms with van der Waals surface area (Å²) in [4.78, 5) is 10.3. The average Bonchev–Trinajstić information content (AvgIpc) is 3.00. The lowest BCUT2D eigenvalue weighted by molar-refractivity contribution is 0.568. The Balaban J connectivity index is 1.83. The summed E-state index contributed by atoms with van der Waals surface area (Å²) < 4.78 is 0. The van der Waals surface area contributed by atoms with Gasteiger partial charge in [-0.1, -0.05) is 32.0 Å². The predicted octanol–water partition coefficient (Wildman–Crippen LogP) is 3.66. The molecular formula is C16H18N4S. The van der Waals surface area contributed by atoms with E-state index in [1.54, 1.807) is 11.3 Å². The highest BCUT2D eigenvalue weighted by Gasteiger charge is 2.22. The van der Waals surface area contributed by atoms with E-state index in [0.29, 0.717) is 11.6 Å². The highest BCUT2D eigenvalue weighted by molar-refractivity contribution is 7.10. The van der Waals surface area contributed by atoms with Gasteiger partial charge in [0.25, 0.3) is 0 Å². The number of rotatable bonds is 4. The average molecular weight is 298 g/mol. The quantitative estimate of drug-likeness (QED) is 0.771. The van der Waals surface area contributed by atoms with E-state index in [4.69, 9.17) is 5.73 Å². The second-order valence-corrected chi connectivity index (χ2v) is 6.61. The number of hydrogen-bond donors (Lipinski definition) is 2. The lowest BCUT2D eigenvalue weighted by Gasteiger charge is -2.24. The van der Waals surface area contributed by atoms with Gasteiger partial charge >= 0.3 is 0 Å². The number of benzene rings is 1. The summed E-state index contributed by atoms with van der Waals surface area (Å²) in [6.07, 6.45) is 0. The monoisotopic (exact) mass is 298 g/mol. The molecule has 0 atom stereocenters. The Morgan fingerprint density at radius 2 is 1.81 bits per heavy atom. The van der Waals surface area contributed by atoms with Crippen LogP contribution in [-0.2, 0) is 5.41 Å². The molecule has 0 aliphatic carbocycles. The maximum absolute atomic E-state index is 6.00. The van der Waals surface area contributed by atoms with Crippen molar-refractivity contribution in [2.75, 3.05) is 17.6 Å². The molecule has 0 aliphatic heterocycles. The Bertz CT molecular complexity index is 750. The number of aromatic nitrogens is 2. The Labute approximate surface area is 128 Å². The van der Waals surface area contributed by atoms with Gasteiger partial charge in [0.05, 0.1) is 11.0 Å². The molecule has 108 valence electrons. The highest BCUT2D eigenvalue weighted by atomic mass is 32.1. The lowest BCUT2D eigenvalue weighted by atomic mass is 9.91. The van der Waals surface area contributed by atoms with Gasteiger partial charge in [0.2, 0.25) is 0 Å². The Hall–Kier alpha value is -2.14. The Morgan fingerprint density at radius 1 is 1.10 bits per heavy atom. The van der Waals surface area contributed by atoms with E-state index in [2.05, 4.69) is 46.6 Å². The summed E-state index contributed by atoms with van der Waals surface area (Å²) in [5, 5.41) is 5.44. The Kier molecular flexibility index (Phi) is 3.51. The molecule has 0 aliphatic rings. The first-order valence-electron chi connectivity index (χ1n) is 6.86. The van der Waals surface area contributed by atoms with Gasteiger partial charge < -0.3 is 11.1 Å². The van der Waals surface area contributed by atoms with Crippen LogP contribution >= 0.6 is 11.3 Å². The summed E-state index contributed by atoms with van der Waals surface area (Å²) in [6, 6.07) is 12.0. The minimum atomic E-state index is 0.0218. The molecule has 0 unspecified atom stereocenters. The largest absolute Gasteiger partial charge is 0.381 e. The molecule has 0 bridgehead atoms. The van der Waals surface area contributed by atoms with Gasteiger partial charge in [0.15, 0.2) is 11.6 Å². The number of anilines is 2. The van der Waals surface area contributed by atoms with Gasteiger partial charge in [-0.05, 0) is 23.6 Å². The fourth-order valence-corrected chi connectivity index (χ4v) is 3.05. The van der Waals surface area contributed by atoms with Crippen molar-refractivity contribution in [3.8, 4) is 0 Å². The van der Waals surface area contributed by atoms with Gasteiger partial charge in [-0.25, -0.2) is 9.97 Å². The molecule has 0 radical (unpaired) electrons. The van der Waals surface area contributed by atoms with E-state index < -0.39 is 0 Å². The van der Waals surface area contributed by atoms with Crippen molar-refractivity contribution in [3.05, 3.63) is 46.7 Å². The van der Waals surface area contributed by atoms with Crippen LogP contribution in [0.1, 0.15) is 18.7 Å². The number of fused-ring (bicyclic) bond motifs is 1. The van der Waals surface area contributed by atoms with Crippen LogP contribution in [0.25, 0.3) is 11.0 Å². The van der Waals surface area contributed by atoms with Crippen LogP contribution in [0.5, 0.6) is 0 Å². The molecule has 1 aromatic carbocycles. The first kappa shape index (κ1) is 13.8. The van der Waals surface area contributed by atoms with Crippen LogP contribution in [0.15, 0.2) is 41.8 Å². The summed E-state index contributed by atoms with van der Waals surface area (Å²) in [5.41, 5.74) is 7.69. The van der Waals surface area contributed by atoms with Gasteiger partial charge in [0, 0.05) is 16.8 Å². The molecule has 0 amide bonds. The third kappa shape index (κ3) is 2.83. The standard InChI is InChI=1S/C16H18N4S/c1-16(2,13-8-5-9-21-13)10-18-15-14(17)19-11-6-3-4-7-12(11)20-15/h3-9H,10H2,1-2H3,(H2,17,19)(H,18,20). The first-order valence-corrected chi connectivity index (χ1v) is 7.74. The van der Waals surface area contributed by atoms with Crippen molar-refractivity contribution in [3.63, 3.8) is 0 Å². The maximum atomic E-state index is 6.00. The molecule has 3 aromatic rings. The van der Waals surface area contributed by atoms with Crippen molar-refractivity contribution in [1.29, 1.82) is 0 Å². The normalized spacial score (nSPS) is 11.7. The molecule has 0 saturated carbocycles. The number of para-hydroxylation sites is 2. The van der Waals surface area contributed by atoms with Crippen LogP contribution in [0, 0.1) is 0 Å². The number of nitrogens with two attached hydrogens (primary N) is 1. The Morgan fingerprint density at radius 3 is 2.48 bits per heavy atom. The van der Waals surface area contributed by atoms with Crippen LogP contribution in [0.3, 0.4) is 0 Å². The third-order valence-corrected chi connectivity index (χ3v) is 4.72. The van der Waals surface area contributed by atoms with Crippen LogP contribution in [0.2, 0.25) is 0 Å². The summed E-state index contributed by atoms with van der Waals surface area (Å²) in [6.45, 7) is 5.16. The molecule has 0 saturated heterocycles. The van der Waals surface area contributed by atoms with E-state index >= 15 is 0 Å². The van der Waals surface area contributed by atoms with Gasteiger partial charge in [-0.3, -0.25) is 0 Å². The fraction of sp³-hybridized carbons (Fsp3) is 0.250. The summed E-state index contributed by atoms with van der Waals surface area (Å²) >= 11 is 1.76. The SMILES string of the molecule is CC(C)(CNc1nc2ccccc2nc1N)c1cccs1. The zero-order valence-electron chi connectivity index (χ0n) is 12.1. The van der Waals surface area contributed by atoms with E-state index in [-0.39, 0.29) is 5.41 Å². The van der Waals surface area contributed by atoms with Gasteiger partial charge in [-0.2, -0.15) is 0 Å². The lowest BCUT2D eigenvalue weighted by Crippen LogP contribution is -2.27. The molecule has 3 rings (SSSR count). The van der Waals surface area contributed by atoms with Crippen molar-refractivity contribution >= 4 is 34.0 Å². The zero-order chi connectivity index (χ0) is 14.9. The van der Waals surface area contributed by atoms with Crippen molar-refractivity contribution in [2.24, 2.45) is 0 Å². The van der Waals surface area contributed by atoms with E-state index in [0.717, 1.165) is 17.6 Å². The van der Waals surface area contributed by atoms with Crippen LogP contribution < -0.4 is 11.1 Å². The van der Waals surface area contributed by atoms with Crippen LogP contribution in [0.4, 0.5) is 11.6 Å². The molecule has 4 nitrogen and oxygen atoms in total. The van der Waals surface area contributed by atoms with E-state index in [1.165, 1.54) is 4.88 Å². The van der Waals surface area contributed by atoms with Crippen molar-refractivity contribution < 1.29 is 0 Å². The number of hydrogen-bond acceptors (Lipinski definition) is 5. The zero-order valence-corrected chi connectivity index (χ0v) is 12.9. The second kappa shape index (κ2) is 5.33. The summed E-state index contributed by atoms with van der Waals surface area (Å²) in [7, 11) is 0. The molecule has 21 heavy (non-hydrogen) atoms. The predicted molar refractivity (Wildman–Crippen MR) is 89.8 cm³/mol.